The van der Waals surface area contributed by atoms with Crippen LogP contribution in [-0.2, 0) is 6.42 Å². The number of unbranched alkanes of at least 4 members (excludes halogenated alkanes) is 3. The summed E-state index contributed by atoms with van der Waals surface area (Å²) in [7, 11) is 0. The lowest BCUT2D eigenvalue weighted by Crippen LogP contribution is -2.25. The predicted octanol–water partition coefficient (Wildman–Crippen LogP) is 5.86. The van der Waals surface area contributed by atoms with Crippen LogP contribution in [0.15, 0.2) is 36.1 Å². The molecular weight excluding hydrogens is 284 g/mol. The fourth-order valence-corrected chi connectivity index (χ4v) is 3.92. The van der Waals surface area contributed by atoms with Gasteiger partial charge in [-0.1, -0.05) is 44.4 Å². The number of allylic oxidation sites excluding steroid dienone is 3. The van der Waals surface area contributed by atoms with E-state index in [4.69, 9.17) is 4.74 Å². The van der Waals surface area contributed by atoms with Crippen molar-refractivity contribution in [2.24, 2.45) is 5.92 Å². The molecule has 3 rings (SSSR count). The van der Waals surface area contributed by atoms with Crippen molar-refractivity contribution < 1.29 is 9.84 Å². The Hall–Kier alpha value is -1.70. The quantitative estimate of drug-likeness (QED) is 0.545. The summed E-state index contributed by atoms with van der Waals surface area (Å²) in [6, 6.07) is 4.05. The lowest BCUT2D eigenvalue weighted by Gasteiger charge is -2.37. The normalized spacial score (nSPS) is 22.9. The van der Waals surface area contributed by atoms with E-state index in [1.54, 1.807) is 0 Å². The van der Waals surface area contributed by atoms with Gasteiger partial charge in [-0.25, -0.2) is 0 Å². The average Bonchev–Trinajstić information content (AvgIpc) is 2.51. The van der Waals surface area contributed by atoms with Gasteiger partial charge in [0.05, 0.1) is 0 Å². The van der Waals surface area contributed by atoms with E-state index in [9.17, 15) is 5.11 Å². The van der Waals surface area contributed by atoms with E-state index in [0.29, 0.717) is 11.7 Å². The molecule has 0 saturated carbocycles. The van der Waals surface area contributed by atoms with Crippen molar-refractivity contribution in [1.29, 1.82) is 0 Å². The van der Waals surface area contributed by atoms with Crippen LogP contribution in [0.2, 0.25) is 0 Å². The highest BCUT2D eigenvalue weighted by atomic mass is 16.5. The third-order valence-electron chi connectivity index (χ3n) is 5.23. The fraction of sp³-hybridized carbons (Fsp3) is 0.524. The third-order valence-corrected chi connectivity index (χ3v) is 5.23. The van der Waals surface area contributed by atoms with E-state index in [1.807, 2.05) is 6.07 Å². The number of aromatic hydroxyl groups is 1. The fourth-order valence-electron chi connectivity index (χ4n) is 3.92. The number of rotatable bonds is 5. The van der Waals surface area contributed by atoms with Crippen LogP contribution in [-0.4, -0.2) is 5.11 Å². The molecule has 1 aromatic rings. The van der Waals surface area contributed by atoms with E-state index in [2.05, 4.69) is 32.6 Å². The van der Waals surface area contributed by atoms with Crippen molar-refractivity contribution in [3.05, 3.63) is 47.2 Å². The molecule has 2 aliphatic rings. The van der Waals surface area contributed by atoms with Crippen molar-refractivity contribution in [3.8, 4) is 11.5 Å². The van der Waals surface area contributed by atoms with Crippen LogP contribution >= 0.6 is 0 Å². The van der Waals surface area contributed by atoms with E-state index < -0.39 is 0 Å². The summed E-state index contributed by atoms with van der Waals surface area (Å²) < 4.78 is 6.00. The minimum Gasteiger partial charge on any atom is -0.507 e. The summed E-state index contributed by atoms with van der Waals surface area (Å²) in [6.07, 6.45) is 10.4. The molecule has 2 atom stereocenters. The molecule has 1 heterocycles. The molecule has 23 heavy (non-hydrogen) atoms. The lowest BCUT2D eigenvalue weighted by atomic mass is 9.74. The maximum atomic E-state index is 10.6. The maximum Gasteiger partial charge on any atom is 0.134 e. The second-order valence-electron chi connectivity index (χ2n) is 7.09. The summed E-state index contributed by atoms with van der Waals surface area (Å²) in [5.41, 5.74) is 3.52. The largest absolute Gasteiger partial charge is 0.507 e. The minimum absolute atomic E-state index is 0.217. The Kier molecular flexibility index (Phi) is 4.79. The van der Waals surface area contributed by atoms with E-state index in [1.165, 1.54) is 30.4 Å². The number of hydrogen-bond donors (Lipinski definition) is 1. The van der Waals surface area contributed by atoms with E-state index >= 15 is 0 Å². The molecule has 0 bridgehead atoms. The van der Waals surface area contributed by atoms with Crippen LogP contribution in [0.4, 0.5) is 0 Å². The van der Waals surface area contributed by atoms with Crippen molar-refractivity contribution in [3.63, 3.8) is 0 Å². The molecule has 0 fully saturated rings. The zero-order chi connectivity index (χ0) is 16.4. The molecule has 0 amide bonds. The molecule has 0 spiro atoms. The van der Waals surface area contributed by atoms with Crippen LogP contribution in [0.3, 0.4) is 0 Å². The number of fused-ring (bicyclic) bond motifs is 3. The SMILES string of the molecule is C=C1Oc2cc(CCCCCC)cc(O)c2[C@@H]2C=C(C)CC[C@@H]12. The van der Waals surface area contributed by atoms with Gasteiger partial charge in [0.25, 0.3) is 0 Å². The molecule has 2 heteroatoms. The molecule has 0 saturated heterocycles. The smallest absolute Gasteiger partial charge is 0.134 e. The Balaban J connectivity index is 1.87. The maximum absolute atomic E-state index is 10.6. The standard InChI is InChI=1S/C21H28O2/c1-4-5-6-7-8-16-12-19(22)21-18-11-14(2)9-10-17(18)15(3)23-20(21)13-16/h11-13,17-18,22H,3-10H2,1-2H3/t17-,18+/m0/s1. The van der Waals surface area contributed by atoms with Gasteiger partial charge in [0.1, 0.15) is 17.3 Å². The lowest BCUT2D eigenvalue weighted by molar-refractivity contribution is 0.275. The van der Waals surface area contributed by atoms with Gasteiger partial charge in [-0.2, -0.15) is 0 Å². The minimum atomic E-state index is 0.217. The van der Waals surface area contributed by atoms with Crippen LogP contribution in [0.5, 0.6) is 11.5 Å². The van der Waals surface area contributed by atoms with Crippen molar-refractivity contribution in [1.82, 2.24) is 0 Å². The Morgan fingerprint density at radius 2 is 2.09 bits per heavy atom. The highest BCUT2D eigenvalue weighted by Gasteiger charge is 2.36. The second-order valence-corrected chi connectivity index (χ2v) is 7.09. The van der Waals surface area contributed by atoms with Gasteiger partial charge in [-0.15, -0.1) is 0 Å². The van der Waals surface area contributed by atoms with Crippen LogP contribution < -0.4 is 4.74 Å². The molecule has 124 valence electrons. The van der Waals surface area contributed by atoms with Crippen LogP contribution in [0.25, 0.3) is 0 Å². The van der Waals surface area contributed by atoms with Gasteiger partial charge in [0.2, 0.25) is 0 Å². The summed E-state index contributed by atoms with van der Waals surface area (Å²) in [6.45, 7) is 8.53. The molecule has 0 radical (unpaired) electrons. The zero-order valence-electron chi connectivity index (χ0n) is 14.4. The number of hydrogen-bond acceptors (Lipinski definition) is 2. The third kappa shape index (κ3) is 3.31. The van der Waals surface area contributed by atoms with Crippen molar-refractivity contribution in [2.75, 3.05) is 0 Å². The summed E-state index contributed by atoms with van der Waals surface area (Å²) >= 11 is 0. The van der Waals surface area contributed by atoms with Gasteiger partial charge in [-0.3, -0.25) is 0 Å². The van der Waals surface area contributed by atoms with E-state index in [0.717, 1.165) is 42.8 Å². The molecule has 1 N–H and O–H groups in total. The van der Waals surface area contributed by atoms with Crippen LogP contribution in [0.1, 0.15) is 69.4 Å². The van der Waals surface area contributed by atoms with Gasteiger partial charge in [-0.05, 0) is 50.3 Å². The Bertz CT molecular complexity index is 627. The molecule has 2 nitrogen and oxygen atoms in total. The summed E-state index contributed by atoms with van der Waals surface area (Å²) in [4.78, 5) is 0. The number of ether oxygens (including phenoxy) is 1. The molecule has 1 aliphatic carbocycles. The van der Waals surface area contributed by atoms with E-state index in [-0.39, 0.29) is 5.92 Å². The van der Waals surface area contributed by atoms with Gasteiger partial charge < -0.3 is 9.84 Å². The Morgan fingerprint density at radius 1 is 1.26 bits per heavy atom. The highest BCUT2D eigenvalue weighted by Crippen LogP contribution is 2.51. The number of phenolic OH excluding ortho intramolecular Hbond substituents is 1. The second kappa shape index (κ2) is 6.82. The van der Waals surface area contributed by atoms with Gasteiger partial charge in [0.15, 0.2) is 0 Å². The number of phenols is 1. The Morgan fingerprint density at radius 3 is 2.87 bits per heavy atom. The first-order valence-electron chi connectivity index (χ1n) is 9.00. The zero-order valence-corrected chi connectivity index (χ0v) is 14.4. The topological polar surface area (TPSA) is 29.5 Å². The number of aryl methyl sites for hydroxylation is 1. The molecule has 1 aliphatic heterocycles. The van der Waals surface area contributed by atoms with Crippen LogP contribution in [0, 0.1) is 5.92 Å². The van der Waals surface area contributed by atoms with Crippen molar-refractivity contribution >= 4 is 0 Å². The van der Waals surface area contributed by atoms with Crippen molar-refractivity contribution in [2.45, 2.75) is 64.7 Å². The first kappa shape index (κ1) is 16.2. The molecule has 0 aromatic heterocycles. The monoisotopic (exact) mass is 312 g/mol. The molecule has 0 unspecified atom stereocenters. The first-order valence-corrected chi connectivity index (χ1v) is 9.00. The highest BCUT2D eigenvalue weighted by molar-refractivity contribution is 5.54. The Labute approximate surface area is 139 Å². The number of benzene rings is 1. The predicted molar refractivity (Wildman–Crippen MR) is 94.9 cm³/mol. The average molecular weight is 312 g/mol. The van der Waals surface area contributed by atoms with Gasteiger partial charge >= 0.3 is 0 Å². The molecule has 1 aromatic carbocycles. The summed E-state index contributed by atoms with van der Waals surface area (Å²) in [5, 5.41) is 10.6. The first-order chi connectivity index (χ1) is 11.1. The summed E-state index contributed by atoms with van der Waals surface area (Å²) in [5.74, 6) is 2.57. The van der Waals surface area contributed by atoms with Gasteiger partial charge in [0, 0.05) is 17.4 Å². The molecular formula is C21H28O2.